The van der Waals surface area contributed by atoms with E-state index in [2.05, 4.69) is 23.6 Å². The lowest BCUT2D eigenvalue weighted by atomic mass is 10.0. The molecule has 0 spiro atoms. The van der Waals surface area contributed by atoms with Gasteiger partial charge in [-0.2, -0.15) is 0 Å². The summed E-state index contributed by atoms with van der Waals surface area (Å²) in [5.74, 6) is 1.77. The number of hydrogen-bond donors (Lipinski definition) is 0. The molecular formula is C15H19NO2. The van der Waals surface area contributed by atoms with Crippen LogP contribution in [-0.4, -0.2) is 31.2 Å². The molecule has 2 aliphatic heterocycles. The van der Waals surface area contributed by atoms with E-state index in [1.165, 1.54) is 18.4 Å². The lowest BCUT2D eigenvalue weighted by Gasteiger charge is -2.25. The molecule has 1 fully saturated rings. The molecule has 2 heterocycles. The zero-order valence-corrected chi connectivity index (χ0v) is 10.6. The van der Waals surface area contributed by atoms with Crippen LogP contribution in [0.4, 0.5) is 0 Å². The SMILES string of the molecule is C=CCN1CCC[C@H]1c1ccc2c(c1)OCCO2. The Labute approximate surface area is 108 Å². The molecule has 3 rings (SSSR count). The summed E-state index contributed by atoms with van der Waals surface area (Å²) >= 11 is 0. The maximum absolute atomic E-state index is 5.66. The Morgan fingerprint density at radius 2 is 2.11 bits per heavy atom. The fourth-order valence-electron chi connectivity index (χ4n) is 2.86. The summed E-state index contributed by atoms with van der Waals surface area (Å²) in [6, 6.07) is 6.84. The van der Waals surface area contributed by atoms with Crippen molar-refractivity contribution in [2.75, 3.05) is 26.3 Å². The molecule has 0 saturated carbocycles. The first-order chi connectivity index (χ1) is 8.88. The van der Waals surface area contributed by atoms with Crippen LogP contribution in [0.5, 0.6) is 11.5 Å². The summed E-state index contributed by atoms with van der Waals surface area (Å²) in [5, 5.41) is 0. The Hall–Kier alpha value is -1.48. The lowest BCUT2D eigenvalue weighted by molar-refractivity contribution is 0.171. The van der Waals surface area contributed by atoms with Gasteiger partial charge in [-0.25, -0.2) is 0 Å². The number of likely N-dealkylation sites (tertiary alicyclic amines) is 1. The van der Waals surface area contributed by atoms with Gasteiger partial charge in [-0.15, -0.1) is 6.58 Å². The zero-order chi connectivity index (χ0) is 12.4. The minimum Gasteiger partial charge on any atom is -0.486 e. The van der Waals surface area contributed by atoms with Crippen molar-refractivity contribution in [3.63, 3.8) is 0 Å². The maximum atomic E-state index is 5.66. The van der Waals surface area contributed by atoms with Crippen LogP contribution in [0.3, 0.4) is 0 Å². The Morgan fingerprint density at radius 1 is 1.28 bits per heavy atom. The molecule has 0 aromatic heterocycles. The summed E-state index contributed by atoms with van der Waals surface area (Å²) < 4.78 is 11.2. The molecule has 0 amide bonds. The van der Waals surface area contributed by atoms with Gasteiger partial charge in [-0.1, -0.05) is 12.1 Å². The van der Waals surface area contributed by atoms with Gasteiger partial charge >= 0.3 is 0 Å². The van der Waals surface area contributed by atoms with E-state index in [1.807, 2.05) is 12.1 Å². The number of nitrogens with zero attached hydrogens (tertiary/aromatic N) is 1. The third kappa shape index (κ3) is 2.10. The van der Waals surface area contributed by atoms with Gasteiger partial charge in [0.05, 0.1) is 0 Å². The predicted octanol–water partition coefficient (Wildman–Crippen LogP) is 2.78. The van der Waals surface area contributed by atoms with Crippen molar-refractivity contribution in [2.24, 2.45) is 0 Å². The lowest BCUT2D eigenvalue weighted by Crippen LogP contribution is -2.23. The molecule has 0 N–H and O–H groups in total. The number of rotatable bonds is 3. The van der Waals surface area contributed by atoms with Gasteiger partial charge in [-0.05, 0) is 37.1 Å². The number of ether oxygens (including phenoxy) is 2. The molecule has 18 heavy (non-hydrogen) atoms. The van der Waals surface area contributed by atoms with E-state index in [4.69, 9.17) is 9.47 Å². The van der Waals surface area contributed by atoms with Crippen molar-refractivity contribution in [3.05, 3.63) is 36.4 Å². The third-order valence-corrected chi connectivity index (χ3v) is 3.68. The van der Waals surface area contributed by atoms with Crippen LogP contribution in [0, 0.1) is 0 Å². The van der Waals surface area contributed by atoms with Gasteiger partial charge < -0.3 is 9.47 Å². The van der Waals surface area contributed by atoms with E-state index in [0.717, 1.165) is 24.6 Å². The van der Waals surface area contributed by atoms with Crippen LogP contribution in [-0.2, 0) is 0 Å². The minimum absolute atomic E-state index is 0.499. The van der Waals surface area contributed by atoms with E-state index in [0.29, 0.717) is 19.3 Å². The van der Waals surface area contributed by atoms with Gasteiger partial charge in [0, 0.05) is 12.6 Å². The molecule has 1 aromatic rings. The van der Waals surface area contributed by atoms with E-state index in [-0.39, 0.29) is 0 Å². The number of fused-ring (bicyclic) bond motifs is 1. The second-order valence-corrected chi connectivity index (χ2v) is 4.84. The monoisotopic (exact) mass is 245 g/mol. The first-order valence-corrected chi connectivity index (χ1v) is 6.63. The molecule has 3 nitrogen and oxygen atoms in total. The first-order valence-electron chi connectivity index (χ1n) is 6.63. The van der Waals surface area contributed by atoms with Crippen LogP contribution in [0.1, 0.15) is 24.4 Å². The summed E-state index contributed by atoms with van der Waals surface area (Å²) in [5.41, 5.74) is 1.33. The second-order valence-electron chi connectivity index (χ2n) is 4.84. The zero-order valence-electron chi connectivity index (χ0n) is 10.6. The average molecular weight is 245 g/mol. The highest BCUT2D eigenvalue weighted by Gasteiger charge is 2.26. The smallest absolute Gasteiger partial charge is 0.161 e. The molecule has 0 aliphatic carbocycles. The topological polar surface area (TPSA) is 21.7 Å². The van der Waals surface area contributed by atoms with Crippen LogP contribution in [0.15, 0.2) is 30.9 Å². The van der Waals surface area contributed by atoms with E-state index >= 15 is 0 Å². The molecule has 1 saturated heterocycles. The molecule has 2 aliphatic rings. The van der Waals surface area contributed by atoms with E-state index in [1.54, 1.807) is 0 Å². The Kier molecular flexibility index (Phi) is 3.24. The van der Waals surface area contributed by atoms with Crippen molar-refractivity contribution in [2.45, 2.75) is 18.9 Å². The van der Waals surface area contributed by atoms with Crippen LogP contribution >= 0.6 is 0 Å². The summed E-state index contributed by atoms with van der Waals surface area (Å²) in [6.07, 6.45) is 4.46. The van der Waals surface area contributed by atoms with Crippen LogP contribution in [0.2, 0.25) is 0 Å². The Balaban J connectivity index is 1.85. The minimum atomic E-state index is 0.499. The molecule has 1 aromatic carbocycles. The van der Waals surface area contributed by atoms with Crippen molar-refractivity contribution in [1.29, 1.82) is 0 Å². The summed E-state index contributed by atoms with van der Waals surface area (Å²) in [6.45, 7) is 7.25. The molecule has 0 bridgehead atoms. The normalized spacial score (nSPS) is 23.0. The molecule has 1 atom stereocenters. The highest BCUT2D eigenvalue weighted by molar-refractivity contribution is 5.44. The summed E-state index contributed by atoms with van der Waals surface area (Å²) in [4.78, 5) is 2.47. The van der Waals surface area contributed by atoms with Crippen LogP contribution in [0.25, 0.3) is 0 Å². The van der Waals surface area contributed by atoms with Gasteiger partial charge in [0.1, 0.15) is 13.2 Å². The standard InChI is InChI=1S/C15H19NO2/c1-2-7-16-8-3-4-13(16)12-5-6-14-15(11-12)18-10-9-17-14/h2,5-6,11,13H,1,3-4,7-10H2/t13-/m0/s1. The molecule has 0 unspecified atom stereocenters. The molecular weight excluding hydrogens is 226 g/mol. The number of hydrogen-bond acceptors (Lipinski definition) is 3. The summed E-state index contributed by atoms with van der Waals surface area (Å²) in [7, 11) is 0. The third-order valence-electron chi connectivity index (χ3n) is 3.68. The second kappa shape index (κ2) is 5.02. The largest absolute Gasteiger partial charge is 0.486 e. The van der Waals surface area contributed by atoms with Gasteiger partial charge in [0.2, 0.25) is 0 Å². The molecule has 96 valence electrons. The molecule has 0 radical (unpaired) electrons. The Morgan fingerprint density at radius 3 is 2.94 bits per heavy atom. The van der Waals surface area contributed by atoms with Crippen molar-refractivity contribution < 1.29 is 9.47 Å². The fourth-order valence-corrected chi connectivity index (χ4v) is 2.86. The fraction of sp³-hybridized carbons (Fsp3) is 0.467. The van der Waals surface area contributed by atoms with Gasteiger partial charge in [0.25, 0.3) is 0 Å². The van der Waals surface area contributed by atoms with Crippen molar-refractivity contribution >= 4 is 0 Å². The highest BCUT2D eigenvalue weighted by Crippen LogP contribution is 2.37. The van der Waals surface area contributed by atoms with Crippen molar-refractivity contribution in [1.82, 2.24) is 4.90 Å². The number of benzene rings is 1. The predicted molar refractivity (Wildman–Crippen MR) is 71.2 cm³/mol. The van der Waals surface area contributed by atoms with E-state index in [9.17, 15) is 0 Å². The Bertz CT molecular complexity index is 444. The van der Waals surface area contributed by atoms with Gasteiger partial charge in [-0.3, -0.25) is 4.90 Å². The average Bonchev–Trinajstić information content (AvgIpc) is 2.87. The highest BCUT2D eigenvalue weighted by atomic mass is 16.6. The van der Waals surface area contributed by atoms with Crippen molar-refractivity contribution in [3.8, 4) is 11.5 Å². The first kappa shape index (κ1) is 11.6. The van der Waals surface area contributed by atoms with Gasteiger partial charge in [0.15, 0.2) is 11.5 Å². The maximum Gasteiger partial charge on any atom is 0.161 e. The van der Waals surface area contributed by atoms with E-state index < -0.39 is 0 Å². The molecule has 3 heteroatoms. The van der Waals surface area contributed by atoms with Crippen LogP contribution < -0.4 is 9.47 Å². The quantitative estimate of drug-likeness (QED) is 0.764.